The minimum atomic E-state index is -1.66. The van der Waals surface area contributed by atoms with Gasteiger partial charge in [0.1, 0.15) is 12.2 Å². The third kappa shape index (κ3) is 6.11. The van der Waals surface area contributed by atoms with Crippen molar-refractivity contribution in [3.05, 3.63) is 144 Å². The van der Waals surface area contributed by atoms with Crippen LogP contribution in [0.5, 0.6) is 0 Å². The maximum atomic E-state index is 8.01. The quantitative estimate of drug-likeness (QED) is 0.182. The lowest BCUT2D eigenvalue weighted by molar-refractivity contribution is -0.175. The Bertz CT molecular complexity index is 1440. The lowest BCUT2D eigenvalue weighted by Crippen LogP contribution is -2.53. The molecule has 2 atom stereocenters. The normalized spacial score (nSPS) is 25.9. The van der Waals surface area contributed by atoms with Crippen molar-refractivity contribution in [1.29, 1.82) is 0 Å². The summed E-state index contributed by atoms with van der Waals surface area (Å²) in [7, 11) is -1.66. The predicted molar refractivity (Wildman–Crippen MR) is 196 cm³/mol. The summed E-state index contributed by atoms with van der Waals surface area (Å²) in [6.45, 7) is 4.06. The molecule has 8 rings (SSSR count). The Morgan fingerprint density at radius 1 is 0.469 bits per heavy atom. The molecule has 5 nitrogen and oxygen atoms in total. The van der Waals surface area contributed by atoms with E-state index >= 15 is 0 Å². The molecule has 0 aromatic heterocycles. The molecule has 6 heteroatoms. The van der Waals surface area contributed by atoms with Crippen molar-refractivity contribution in [2.24, 2.45) is 0 Å². The summed E-state index contributed by atoms with van der Waals surface area (Å²) in [6.07, 6.45) is 11.2. The Kier molecular flexibility index (Phi) is 9.52. The molecule has 256 valence electrons. The Morgan fingerprint density at radius 3 is 1.08 bits per heavy atom. The standard InChI is InChI=1S/C43H50NO4P/c1-41(2)45-39-40(46-41)43(35-25-13-5-14-26-35,36-27-15-6-16-28-36)48-49(44(37-29-17-7-18-30-37)38-31-19-8-20-32-38)47-42(39,33-21-9-3-10-22-33)34-23-11-4-12-24-34/h3-6,9-16,21-28,37-40H,7-8,17-20,29-32H2,1-2H3/t39-,40-/m1/s1. The molecule has 2 aliphatic heterocycles. The summed E-state index contributed by atoms with van der Waals surface area (Å²) >= 11 is 0. The van der Waals surface area contributed by atoms with Crippen molar-refractivity contribution in [3.8, 4) is 0 Å². The molecule has 0 spiro atoms. The lowest BCUT2D eigenvalue weighted by Gasteiger charge is -2.48. The minimum absolute atomic E-state index is 0.396. The van der Waals surface area contributed by atoms with Crippen molar-refractivity contribution in [3.63, 3.8) is 0 Å². The second-order valence-electron chi connectivity index (χ2n) is 14.8. The molecule has 4 fully saturated rings. The number of rotatable bonds is 7. The molecule has 4 aromatic rings. The second-order valence-corrected chi connectivity index (χ2v) is 16.1. The monoisotopic (exact) mass is 675 g/mol. The molecule has 4 aliphatic rings. The van der Waals surface area contributed by atoms with Gasteiger partial charge in [-0.25, -0.2) is 4.67 Å². The number of hydrogen-bond acceptors (Lipinski definition) is 5. The third-order valence-electron chi connectivity index (χ3n) is 11.2. The van der Waals surface area contributed by atoms with E-state index in [-0.39, 0.29) is 0 Å². The van der Waals surface area contributed by atoms with Crippen LogP contribution < -0.4 is 0 Å². The molecule has 49 heavy (non-hydrogen) atoms. The Labute approximate surface area is 293 Å². The van der Waals surface area contributed by atoms with E-state index in [2.05, 4.69) is 126 Å². The van der Waals surface area contributed by atoms with Gasteiger partial charge in [0.2, 0.25) is 0 Å². The van der Waals surface area contributed by atoms with Gasteiger partial charge >= 0.3 is 0 Å². The van der Waals surface area contributed by atoms with E-state index in [1.807, 2.05) is 13.8 Å². The average Bonchev–Trinajstić information content (AvgIpc) is 3.44. The zero-order chi connectivity index (χ0) is 33.3. The molecule has 0 N–H and O–H groups in total. The maximum absolute atomic E-state index is 8.01. The SMILES string of the molecule is CC1(C)O[C@@H]2[C@@H](O1)C(c1ccccc1)(c1ccccc1)OP(N(C1CCCCC1)C1CCCCC1)OC2(c1ccccc1)c1ccccc1. The van der Waals surface area contributed by atoms with E-state index in [0.717, 1.165) is 22.3 Å². The van der Waals surface area contributed by atoms with Gasteiger partial charge in [0.25, 0.3) is 8.53 Å². The number of nitrogens with zero attached hydrogens (tertiary/aromatic N) is 1. The smallest absolute Gasteiger partial charge is 0.261 e. The topological polar surface area (TPSA) is 40.2 Å². The summed E-state index contributed by atoms with van der Waals surface area (Å²) in [4.78, 5) is 0. The zero-order valence-corrected chi connectivity index (χ0v) is 29.8. The van der Waals surface area contributed by atoms with Crippen molar-refractivity contribution < 1.29 is 18.5 Å². The van der Waals surface area contributed by atoms with Gasteiger partial charge in [0.05, 0.1) is 0 Å². The zero-order valence-electron chi connectivity index (χ0n) is 29.0. The van der Waals surface area contributed by atoms with Gasteiger partial charge in [0.15, 0.2) is 17.0 Å². The van der Waals surface area contributed by atoms with Gasteiger partial charge in [-0.3, -0.25) is 0 Å². The van der Waals surface area contributed by atoms with Crippen LogP contribution in [0.25, 0.3) is 0 Å². The van der Waals surface area contributed by atoms with E-state index in [1.165, 1.54) is 64.2 Å². The minimum Gasteiger partial charge on any atom is -0.341 e. The summed E-state index contributed by atoms with van der Waals surface area (Å²) in [5.74, 6) is -0.891. The van der Waals surface area contributed by atoms with Crippen molar-refractivity contribution in [1.82, 2.24) is 4.67 Å². The number of fused-ring (bicyclic) bond motifs is 1. The fraction of sp³-hybridized carbons (Fsp3) is 0.442. The van der Waals surface area contributed by atoms with Crippen LogP contribution in [0.3, 0.4) is 0 Å². The first-order chi connectivity index (χ1) is 24.0. The van der Waals surface area contributed by atoms with Crippen LogP contribution >= 0.6 is 8.53 Å². The predicted octanol–water partition coefficient (Wildman–Crippen LogP) is 10.6. The molecule has 2 saturated carbocycles. The summed E-state index contributed by atoms with van der Waals surface area (Å²) in [5.41, 5.74) is 2.19. The summed E-state index contributed by atoms with van der Waals surface area (Å²) < 4.78 is 33.2. The Morgan fingerprint density at radius 2 is 0.776 bits per heavy atom. The largest absolute Gasteiger partial charge is 0.341 e. The Balaban J connectivity index is 1.44. The highest BCUT2D eigenvalue weighted by Crippen LogP contribution is 2.67. The fourth-order valence-electron chi connectivity index (χ4n) is 9.02. The number of ether oxygens (including phenoxy) is 2. The first kappa shape index (κ1) is 33.3. The van der Waals surface area contributed by atoms with Crippen LogP contribution in [0, 0.1) is 0 Å². The highest BCUT2D eigenvalue weighted by molar-refractivity contribution is 7.44. The number of hydrogen-bond donors (Lipinski definition) is 0. The molecule has 0 radical (unpaired) electrons. The van der Waals surface area contributed by atoms with Crippen LogP contribution in [0.4, 0.5) is 0 Å². The summed E-state index contributed by atoms with van der Waals surface area (Å²) in [6, 6.07) is 43.7. The Hall–Kier alpha value is -2.89. The number of benzene rings is 4. The van der Waals surface area contributed by atoms with E-state index in [4.69, 9.17) is 18.5 Å². The van der Waals surface area contributed by atoms with Crippen LogP contribution in [-0.2, 0) is 29.7 Å². The molecular weight excluding hydrogens is 625 g/mol. The van der Waals surface area contributed by atoms with Crippen LogP contribution in [0.2, 0.25) is 0 Å². The molecule has 2 aliphatic carbocycles. The fourth-order valence-corrected chi connectivity index (χ4v) is 11.4. The lowest BCUT2D eigenvalue weighted by atomic mass is 9.72. The van der Waals surface area contributed by atoms with Crippen molar-refractivity contribution >= 4 is 8.53 Å². The molecule has 2 heterocycles. The summed E-state index contributed by atoms with van der Waals surface area (Å²) in [5, 5.41) is 0. The molecule has 0 unspecified atom stereocenters. The van der Waals surface area contributed by atoms with Crippen LogP contribution in [-0.4, -0.2) is 34.7 Å². The first-order valence-corrected chi connectivity index (χ1v) is 19.7. The highest BCUT2D eigenvalue weighted by atomic mass is 31.2. The van der Waals surface area contributed by atoms with Gasteiger partial charge in [-0.15, -0.1) is 0 Å². The van der Waals surface area contributed by atoms with Gasteiger partial charge < -0.3 is 18.5 Å². The van der Waals surface area contributed by atoms with Gasteiger partial charge in [-0.05, 0) is 61.8 Å². The average molecular weight is 676 g/mol. The molecule has 4 aromatic carbocycles. The third-order valence-corrected chi connectivity index (χ3v) is 13.2. The maximum Gasteiger partial charge on any atom is 0.261 e. The van der Waals surface area contributed by atoms with Gasteiger partial charge in [-0.1, -0.05) is 160 Å². The van der Waals surface area contributed by atoms with E-state index in [9.17, 15) is 0 Å². The molecule has 0 amide bonds. The van der Waals surface area contributed by atoms with E-state index in [0.29, 0.717) is 12.1 Å². The second kappa shape index (κ2) is 14.0. The first-order valence-electron chi connectivity index (χ1n) is 18.6. The van der Waals surface area contributed by atoms with E-state index < -0.39 is 37.7 Å². The van der Waals surface area contributed by atoms with Gasteiger partial charge in [0, 0.05) is 12.1 Å². The highest BCUT2D eigenvalue weighted by Gasteiger charge is 2.68. The van der Waals surface area contributed by atoms with Crippen molar-refractivity contribution in [2.45, 2.75) is 119 Å². The van der Waals surface area contributed by atoms with Crippen molar-refractivity contribution in [2.75, 3.05) is 0 Å². The molecule has 2 saturated heterocycles. The van der Waals surface area contributed by atoms with Crippen LogP contribution in [0.15, 0.2) is 121 Å². The molecule has 0 bridgehead atoms. The van der Waals surface area contributed by atoms with E-state index in [1.54, 1.807) is 0 Å². The van der Waals surface area contributed by atoms with Crippen LogP contribution in [0.1, 0.15) is 100 Å². The molecular formula is C43H50NO4P. The van der Waals surface area contributed by atoms with Gasteiger partial charge in [-0.2, -0.15) is 0 Å².